The third kappa shape index (κ3) is 3.59. The summed E-state index contributed by atoms with van der Waals surface area (Å²) in [4.78, 5) is 2.14. The highest BCUT2D eigenvalue weighted by atomic mass is 32.2. The fourth-order valence-corrected chi connectivity index (χ4v) is 4.14. The van der Waals surface area contributed by atoms with Crippen LogP contribution >= 0.6 is 0 Å². The fraction of sp³-hybridized carbons (Fsp3) is 0.769. The Morgan fingerprint density at radius 1 is 1.50 bits per heavy atom. The van der Waals surface area contributed by atoms with Crippen molar-refractivity contribution < 1.29 is 12.9 Å². The molecule has 0 radical (unpaired) electrons. The van der Waals surface area contributed by atoms with Crippen LogP contribution in [0.3, 0.4) is 0 Å². The predicted molar refractivity (Wildman–Crippen MR) is 74.9 cm³/mol. The second-order valence-corrected chi connectivity index (χ2v) is 8.10. The van der Waals surface area contributed by atoms with Crippen LogP contribution in [-0.2, 0) is 22.9 Å². The molecule has 112 valence electrons. The van der Waals surface area contributed by atoms with Crippen molar-refractivity contribution in [1.29, 1.82) is 0 Å². The summed E-state index contributed by atoms with van der Waals surface area (Å²) in [6.45, 7) is 3.90. The smallest absolute Gasteiger partial charge is 0.153 e. The van der Waals surface area contributed by atoms with Crippen molar-refractivity contribution in [3.63, 3.8) is 0 Å². The van der Waals surface area contributed by atoms with E-state index >= 15 is 0 Å². The maximum absolute atomic E-state index is 11.5. The number of nitrogens with one attached hydrogen (secondary N) is 1. The third-order valence-electron chi connectivity index (χ3n) is 3.92. The molecule has 1 aromatic heterocycles. The molecule has 3 rings (SSSR count). The van der Waals surface area contributed by atoms with Crippen molar-refractivity contribution in [2.45, 2.75) is 44.9 Å². The van der Waals surface area contributed by atoms with Crippen molar-refractivity contribution in [2.75, 3.05) is 18.1 Å². The Morgan fingerprint density at radius 2 is 2.30 bits per heavy atom. The Bertz CT molecular complexity index is 565. The van der Waals surface area contributed by atoms with Crippen LogP contribution < -0.4 is 5.32 Å². The summed E-state index contributed by atoms with van der Waals surface area (Å²) < 4.78 is 28.4. The highest BCUT2D eigenvalue weighted by molar-refractivity contribution is 7.91. The van der Waals surface area contributed by atoms with Crippen molar-refractivity contribution in [2.24, 2.45) is 0 Å². The molecule has 2 heterocycles. The molecule has 0 spiro atoms. The van der Waals surface area contributed by atoms with Gasteiger partial charge in [0.25, 0.3) is 0 Å². The molecule has 6 nitrogen and oxygen atoms in total. The van der Waals surface area contributed by atoms with Crippen LogP contribution in [0, 0.1) is 0 Å². The van der Waals surface area contributed by atoms with E-state index in [1.54, 1.807) is 0 Å². The summed E-state index contributed by atoms with van der Waals surface area (Å²) >= 11 is 0. The normalized spacial score (nSPS) is 26.8. The SMILES string of the molecule is CC1CS(=O)(=O)CCN1Cc1cc(CNC2CC2)no1. The minimum atomic E-state index is -2.86. The van der Waals surface area contributed by atoms with Gasteiger partial charge in [-0.15, -0.1) is 0 Å². The molecule has 1 aliphatic heterocycles. The average molecular weight is 299 g/mol. The Labute approximate surface area is 119 Å². The van der Waals surface area contributed by atoms with E-state index in [0.717, 1.165) is 18.0 Å². The van der Waals surface area contributed by atoms with Crippen LogP contribution in [0.1, 0.15) is 31.2 Å². The van der Waals surface area contributed by atoms with E-state index in [-0.39, 0.29) is 17.5 Å². The van der Waals surface area contributed by atoms with Gasteiger partial charge in [-0.1, -0.05) is 5.16 Å². The van der Waals surface area contributed by atoms with Gasteiger partial charge in [0.1, 0.15) is 0 Å². The van der Waals surface area contributed by atoms with Crippen LogP contribution in [0.4, 0.5) is 0 Å². The van der Waals surface area contributed by atoms with E-state index in [1.165, 1.54) is 12.8 Å². The highest BCUT2D eigenvalue weighted by Crippen LogP contribution is 2.20. The molecule has 1 aromatic rings. The maximum atomic E-state index is 11.5. The average Bonchev–Trinajstić information content (AvgIpc) is 3.10. The van der Waals surface area contributed by atoms with Gasteiger partial charge in [-0.3, -0.25) is 4.90 Å². The van der Waals surface area contributed by atoms with Gasteiger partial charge in [0.2, 0.25) is 0 Å². The fourth-order valence-electron chi connectivity index (χ4n) is 2.52. The maximum Gasteiger partial charge on any atom is 0.153 e. The lowest BCUT2D eigenvalue weighted by Crippen LogP contribution is -2.46. The molecule has 1 N–H and O–H groups in total. The zero-order valence-corrected chi connectivity index (χ0v) is 12.5. The van der Waals surface area contributed by atoms with E-state index in [2.05, 4.69) is 15.4 Å². The monoisotopic (exact) mass is 299 g/mol. The molecule has 1 atom stereocenters. The molecular weight excluding hydrogens is 278 g/mol. The van der Waals surface area contributed by atoms with E-state index in [0.29, 0.717) is 19.1 Å². The summed E-state index contributed by atoms with van der Waals surface area (Å²) in [5, 5.41) is 7.45. The van der Waals surface area contributed by atoms with Gasteiger partial charge in [0, 0.05) is 31.2 Å². The number of sulfone groups is 1. The Kier molecular flexibility index (Phi) is 3.83. The van der Waals surface area contributed by atoms with E-state index in [1.807, 2.05) is 13.0 Å². The van der Waals surface area contributed by atoms with Gasteiger partial charge in [-0.25, -0.2) is 8.42 Å². The van der Waals surface area contributed by atoms with Crippen molar-refractivity contribution >= 4 is 9.84 Å². The molecule has 2 aliphatic rings. The second-order valence-electron chi connectivity index (χ2n) is 5.87. The minimum Gasteiger partial charge on any atom is -0.360 e. The number of hydrogen-bond donors (Lipinski definition) is 1. The van der Waals surface area contributed by atoms with Crippen LogP contribution in [0.2, 0.25) is 0 Å². The number of rotatable bonds is 5. The van der Waals surface area contributed by atoms with Crippen LogP contribution in [0.15, 0.2) is 10.6 Å². The van der Waals surface area contributed by atoms with Crippen molar-refractivity contribution in [3.05, 3.63) is 17.5 Å². The van der Waals surface area contributed by atoms with E-state index < -0.39 is 9.84 Å². The lowest BCUT2D eigenvalue weighted by Gasteiger charge is -2.32. The summed E-state index contributed by atoms with van der Waals surface area (Å²) in [6, 6.07) is 2.65. The molecule has 1 unspecified atom stereocenters. The van der Waals surface area contributed by atoms with Crippen LogP contribution in [0.5, 0.6) is 0 Å². The van der Waals surface area contributed by atoms with Gasteiger partial charge >= 0.3 is 0 Å². The molecule has 0 bridgehead atoms. The minimum absolute atomic E-state index is 0.0342. The first kappa shape index (κ1) is 14.0. The van der Waals surface area contributed by atoms with Crippen molar-refractivity contribution in [1.82, 2.24) is 15.4 Å². The molecule has 0 amide bonds. The number of nitrogens with zero attached hydrogens (tertiary/aromatic N) is 2. The highest BCUT2D eigenvalue weighted by Gasteiger charge is 2.28. The van der Waals surface area contributed by atoms with Gasteiger partial charge in [-0.05, 0) is 19.8 Å². The zero-order chi connectivity index (χ0) is 14.2. The van der Waals surface area contributed by atoms with Crippen molar-refractivity contribution in [3.8, 4) is 0 Å². The summed E-state index contributed by atoms with van der Waals surface area (Å²) in [6.07, 6.45) is 2.51. The molecular formula is C13H21N3O3S. The predicted octanol–water partition coefficient (Wildman–Crippen LogP) is 0.545. The molecule has 0 aromatic carbocycles. The molecule has 7 heteroatoms. The quantitative estimate of drug-likeness (QED) is 0.855. The molecule has 1 aliphatic carbocycles. The molecule has 1 saturated carbocycles. The first-order valence-corrected chi connectivity index (χ1v) is 8.96. The molecule has 2 fully saturated rings. The van der Waals surface area contributed by atoms with Gasteiger partial charge in [0.15, 0.2) is 15.6 Å². The van der Waals surface area contributed by atoms with Gasteiger partial charge in [0.05, 0.1) is 23.7 Å². The molecule has 1 saturated heterocycles. The van der Waals surface area contributed by atoms with E-state index in [4.69, 9.17) is 4.52 Å². The first-order valence-electron chi connectivity index (χ1n) is 7.14. The Hall–Kier alpha value is -0.920. The van der Waals surface area contributed by atoms with Crippen LogP contribution in [0.25, 0.3) is 0 Å². The lowest BCUT2D eigenvalue weighted by molar-refractivity contribution is 0.193. The lowest BCUT2D eigenvalue weighted by atomic mass is 10.2. The van der Waals surface area contributed by atoms with Gasteiger partial charge < -0.3 is 9.84 Å². The Morgan fingerprint density at radius 3 is 3.00 bits per heavy atom. The topological polar surface area (TPSA) is 75.4 Å². The second kappa shape index (κ2) is 5.46. The first-order chi connectivity index (χ1) is 9.52. The third-order valence-corrected chi connectivity index (χ3v) is 5.72. The summed E-state index contributed by atoms with van der Waals surface area (Å²) in [7, 11) is -2.86. The molecule has 20 heavy (non-hydrogen) atoms. The number of aromatic nitrogens is 1. The van der Waals surface area contributed by atoms with Crippen LogP contribution in [-0.4, -0.2) is 48.6 Å². The van der Waals surface area contributed by atoms with E-state index in [9.17, 15) is 8.42 Å². The standard InChI is InChI=1S/C13H21N3O3S/c1-10-9-20(17,18)5-4-16(10)8-13-6-12(15-19-13)7-14-11-2-3-11/h6,10-11,14H,2-5,7-9H2,1H3. The zero-order valence-electron chi connectivity index (χ0n) is 11.7. The number of hydrogen-bond acceptors (Lipinski definition) is 6. The van der Waals surface area contributed by atoms with Gasteiger partial charge in [-0.2, -0.15) is 0 Å². The Balaban J connectivity index is 1.54. The largest absolute Gasteiger partial charge is 0.360 e. The summed E-state index contributed by atoms with van der Waals surface area (Å²) in [5.41, 5.74) is 0.921. The summed E-state index contributed by atoms with van der Waals surface area (Å²) in [5.74, 6) is 1.28.